The summed E-state index contributed by atoms with van der Waals surface area (Å²) in [5.74, 6) is -2.22. The quantitative estimate of drug-likeness (QED) is 0.491. The molecule has 0 aliphatic heterocycles. The maximum Gasteiger partial charge on any atom is 0.326 e. The number of sulfonamides is 1. The lowest BCUT2D eigenvalue weighted by molar-refractivity contribution is -0.149. The van der Waals surface area contributed by atoms with Crippen molar-refractivity contribution in [2.24, 2.45) is 0 Å². The zero-order valence-electron chi connectivity index (χ0n) is 12.4. The minimum atomic E-state index is -3.60. The van der Waals surface area contributed by atoms with Crippen LogP contribution in [0.15, 0.2) is 0 Å². The highest BCUT2D eigenvalue weighted by Crippen LogP contribution is 2.04. The fourth-order valence-electron chi connectivity index (χ4n) is 1.60. The Morgan fingerprint density at radius 1 is 1.24 bits per heavy atom. The van der Waals surface area contributed by atoms with Crippen LogP contribution in [0, 0.1) is 0 Å². The van der Waals surface area contributed by atoms with E-state index in [1.807, 2.05) is 0 Å². The summed E-state index contributed by atoms with van der Waals surface area (Å²) in [5, 5.41) is 11.5. The number of carbonyl (C=O) groups is 3. The highest BCUT2D eigenvalue weighted by atomic mass is 32.2. The van der Waals surface area contributed by atoms with Gasteiger partial charge in [0.2, 0.25) is 21.8 Å². The number of aliphatic carboxylic acids is 1. The van der Waals surface area contributed by atoms with Crippen LogP contribution in [-0.4, -0.2) is 67.6 Å². The van der Waals surface area contributed by atoms with Crippen molar-refractivity contribution in [2.75, 3.05) is 19.3 Å². The summed E-state index contributed by atoms with van der Waals surface area (Å²) in [4.78, 5) is 35.0. The van der Waals surface area contributed by atoms with Crippen LogP contribution in [0.3, 0.4) is 0 Å². The molecule has 0 rings (SSSR count). The number of nitrogens with zero attached hydrogens (tertiary/aromatic N) is 1. The normalized spacial score (nSPS) is 14.1. The van der Waals surface area contributed by atoms with Crippen LogP contribution in [0.5, 0.6) is 0 Å². The molecule has 21 heavy (non-hydrogen) atoms. The minimum absolute atomic E-state index is 0.0400. The second-order valence-corrected chi connectivity index (χ2v) is 6.42. The summed E-state index contributed by atoms with van der Waals surface area (Å²) in [5.41, 5.74) is 0. The molecule has 3 N–H and O–H groups in total. The molecule has 122 valence electrons. The van der Waals surface area contributed by atoms with Crippen molar-refractivity contribution in [1.82, 2.24) is 14.9 Å². The van der Waals surface area contributed by atoms with Crippen LogP contribution in [-0.2, 0) is 24.4 Å². The van der Waals surface area contributed by atoms with Gasteiger partial charge in [-0.25, -0.2) is 17.9 Å². The summed E-state index contributed by atoms with van der Waals surface area (Å²) in [7, 11) is -3.60. The first-order valence-electron chi connectivity index (χ1n) is 6.20. The van der Waals surface area contributed by atoms with Crippen molar-refractivity contribution >= 4 is 27.8 Å². The summed E-state index contributed by atoms with van der Waals surface area (Å²) >= 11 is 0. The van der Waals surface area contributed by atoms with Gasteiger partial charge in [0.25, 0.3) is 0 Å². The highest BCUT2D eigenvalue weighted by Gasteiger charge is 2.29. The van der Waals surface area contributed by atoms with Crippen LogP contribution in [0.25, 0.3) is 0 Å². The van der Waals surface area contributed by atoms with Gasteiger partial charge in [-0.05, 0) is 13.8 Å². The van der Waals surface area contributed by atoms with Gasteiger partial charge >= 0.3 is 5.97 Å². The zero-order chi connectivity index (χ0) is 16.8. The van der Waals surface area contributed by atoms with Crippen LogP contribution >= 0.6 is 0 Å². The van der Waals surface area contributed by atoms with Gasteiger partial charge in [-0.1, -0.05) is 0 Å². The first-order valence-corrected chi connectivity index (χ1v) is 8.10. The van der Waals surface area contributed by atoms with Crippen molar-refractivity contribution in [1.29, 1.82) is 0 Å². The van der Waals surface area contributed by atoms with Gasteiger partial charge in [-0.2, -0.15) is 0 Å². The van der Waals surface area contributed by atoms with E-state index in [4.69, 9.17) is 5.11 Å². The first kappa shape index (κ1) is 19.3. The number of carboxylic acids is 1. The molecule has 0 aliphatic rings. The van der Waals surface area contributed by atoms with Crippen molar-refractivity contribution in [3.8, 4) is 0 Å². The standard InChI is InChI=1S/C11H21N3O6S/c1-7(13-21(4,19)20)10(16)14(8(2)11(17)18)6-5-12-9(3)15/h7-8,13H,5-6H2,1-4H3,(H,12,15)(H,17,18). The molecule has 9 nitrogen and oxygen atoms in total. The monoisotopic (exact) mass is 323 g/mol. The lowest BCUT2D eigenvalue weighted by atomic mass is 10.2. The van der Waals surface area contributed by atoms with Gasteiger partial charge in [0.1, 0.15) is 6.04 Å². The third kappa shape index (κ3) is 7.61. The van der Waals surface area contributed by atoms with Crippen LogP contribution < -0.4 is 10.0 Å². The smallest absolute Gasteiger partial charge is 0.326 e. The molecule has 2 unspecified atom stereocenters. The average molecular weight is 323 g/mol. The van der Waals surface area contributed by atoms with Crippen molar-refractivity contribution in [2.45, 2.75) is 32.9 Å². The summed E-state index contributed by atoms with van der Waals surface area (Å²) in [6, 6.07) is -2.24. The van der Waals surface area contributed by atoms with E-state index < -0.39 is 34.0 Å². The van der Waals surface area contributed by atoms with Crippen LogP contribution in [0.1, 0.15) is 20.8 Å². The van der Waals surface area contributed by atoms with Crippen molar-refractivity contribution < 1.29 is 27.9 Å². The van der Waals surface area contributed by atoms with E-state index in [2.05, 4.69) is 10.0 Å². The predicted molar refractivity (Wildman–Crippen MR) is 74.9 cm³/mol. The van der Waals surface area contributed by atoms with E-state index in [0.29, 0.717) is 0 Å². The Morgan fingerprint density at radius 3 is 2.14 bits per heavy atom. The molecule has 0 aliphatic carbocycles. The molecule has 0 saturated carbocycles. The molecule has 0 heterocycles. The Hall–Kier alpha value is -1.68. The summed E-state index contributed by atoms with van der Waals surface area (Å²) in [6.07, 6.45) is 0.902. The van der Waals surface area contributed by atoms with Crippen LogP contribution in [0.4, 0.5) is 0 Å². The zero-order valence-corrected chi connectivity index (χ0v) is 13.2. The van der Waals surface area contributed by atoms with Gasteiger partial charge in [-0.3, -0.25) is 9.59 Å². The maximum absolute atomic E-state index is 12.2. The molecule has 0 fully saturated rings. The Balaban J connectivity index is 4.97. The van der Waals surface area contributed by atoms with Gasteiger partial charge < -0.3 is 15.3 Å². The molecule has 0 spiro atoms. The van der Waals surface area contributed by atoms with E-state index in [0.717, 1.165) is 11.2 Å². The molecule has 10 heteroatoms. The Morgan fingerprint density at radius 2 is 1.76 bits per heavy atom. The van der Waals surface area contributed by atoms with Crippen LogP contribution in [0.2, 0.25) is 0 Å². The predicted octanol–water partition coefficient (Wildman–Crippen LogP) is -1.64. The average Bonchev–Trinajstić information content (AvgIpc) is 2.30. The second-order valence-electron chi connectivity index (χ2n) is 4.64. The topological polar surface area (TPSA) is 133 Å². The number of rotatable bonds is 8. The Labute approximate surface area is 123 Å². The molecular weight excluding hydrogens is 302 g/mol. The Bertz CT molecular complexity index is 504. The largest absolute Gasteiger partial charge is 0.480 e. The lowest BCUT2D eigenvalue weighted by Gasteiger charge is -2.29. The molecule has 0 aromatic rings. The SMILES string of the molecule is CC(=O)NCCN(C(=O)C(C)NS(C)(=O)=O)C(C)C(=O)O. The number of hydrogen-bond donors (Lipinski definition) is 3. The lowest BCUT2D eigenvalue weighted by Crippen LogP contribution is -2.53. The van der Waals surface area contributed by atoms with Gasteiger partial charge in [0.05, 0.1) is 12.3 Å². The summed E-state index contributed by atoms with van der Waals surface area (Å²) in [6.45, 7) is 3.96. The van der Waals surface area contributed by atoms with E-state index in [1.54, 1.807) is 0 Å². The third-order valence-corrected chi connectivity index (χ3v) is 3.38. The Kier molecular flexibility index (Phi) is 7.30. The first-order chi connectivity index (χ1) is 9.45. The number of carboxylic acid groups (broad SMARTS) is 1. The van der Waals surface area contributed by atoms with E-state index in [1.165, 1.54) is 20.8 Å². The third-order valence-electron chi connectivity index (χ3n) is 2.60. The minimum Gasteiger partial charge on any atom is -0.480 e. The number of hydrogen-bond acceptors (Lipinski definition) is 5. The molecule has 0 saturated heterocycles. The maximum atomic E-state index is 12.2. The van der Waals surface area contributed by atoms with E-state index in [-0.39, 0.29) is 19.0 Å². The molecule has 2 amide bonds. The molecule has 0 bridgehead atoms. The molecule has 2 atom stereocenters. The van der Waals surface area contributed by atoms with Gasteiger partial charge in [-0.15, -0.1) is 0 Å². The van der Waals surface area contributed by atoms with E-state index >= 15 is 0 Å². The van der Waals surface area contributed by atoms with Gasteiger partial charge in [0.15, 0.2) is 0 Å². The second kappa shape index (κ2) is 7.93. The number of carbonyl (C=O) groups excluding carboxylic acids is 2. The molecule has 0 aromatic carbocycles. The van der Waals surface area contributed by atoms with Crippen molar-refractivity contribution in [3.05, 3.63) is 0 Å². The van der Waals surface area contributed by atoms with E-state index in [9.17, 15) is 22.8 Å². The van der Waals surface area contributed by atoms with Gasteiger partial charge in [0, 0.05) is 20.0 Å². The van der Waals surface area contributed by atoms with Crippen molar-refractivity contribution in [3.63, 3.8) is 0 Å². The molecule has 0 aromatic heterocycles. The molecular formula is C11H21N3O6S. The fraction of sp³-hybridized carbons (Fsp3) is 0.727. The highest BCUT2D eigenvalue weighted by molar-refractivity contribution is 7.88. The molecule has 0 radical (unpaired) electrons. The number of amides is 2. The fourth-order valence-corrected chi connectivity index (χ4v) is 2.34. The summed E-state index contributed by atoms with van der Waals surface area (Å²) < 4.78 is 24.3. The number of nitrogens with one attached hydrogen (secondary N) is 2.